The van der Waals surface area contributed by atoms with E-state index in [1.54, 1.807) is 12.4 Å². The number of anilines is 1. The summed E-state index contributed by atoms with van der Waals surface area (Å²) in [6.07, 6.45) is 8.46. The molecule has 2 fully saturated rings. The van der Waals surface area contributed by atoms with Gasteiger partial charge in [-0.15, -0.1) is 0 Å². The second-order valence-electron chi connectivity index (χ2n) is 5.45. The van der Waals surface area contributed by atoms with E-state index in [0.29, 0.717) is 11.5 Å². The van der Waals surface area contributed by atoms with Crippen LogP contribution >= 0.6 is 0 Å². The van der Waals surface area contributed by atoms with Gasteiger partial charge in [-0.25, -0.2) is 4.79 Å². The Labute approximate surface area is 101 Å². The lowest BCUT2D eigenvalue weighted by atomic mass is 9.77. The number of nitrogens with one attached hydrogen (secondary N) is 2. The monoisotopic (exact) mass is 231 g/mol. The van der Waals surface area contributed by atoms with Crippen LogP contribution < -0.4 is 10.6 Å². The summed E-state index contributed by atoms with van der Waals surface area (Å²) < 4.78 is 0. The quantitative estimate of drug-likeness (QED) is 0.821. The van der Waals surface area contributed by atoms with Crippen LogP contribution in [-0.4, -0.2) is 17.1 Å². The van der Waals surface area contributed by atoms with Crippen molar-refractivity contribution in [3.05, 3.63) is 24.0 Å². The van der Waals surface area contributed by atoms with Crippen LogP contribution in [0.1, 0.15) is 31.2 Å². The molecule has 2 N–H and O–H groups in total. The molecule has 2 aliphatic rings. The first-order valence-electron chi connectivity index (χ1n) is 6.14. The fourth-order valence-electron chi connectivity index (χ4n) is 2.65. The number of hydrogen-bond acceptors (Lipinski definition) is 2. The number of rotatable bonds is 2. The lowest BCUT2D eigenvalue weighted by Crippen LogP contribution is -2.46. The lowest BCUT2D eigenvalue weighted by molar-refractivity contribution is 0.195. The SMILES string of the molecule is Cc1cncc(NC(=O)NC2CC3(CC3)C2)c1. The Kier molecular flexibility index (Phi) is 2.31. The van der Waals surface area contributed by atoms with Crippen LogP contribution in [0.3, 0.4) is 0 Å². The first-order valence-corrected chi connectivity index (χ1v) is 6.14. The van der Waals surface area contributed by atoms with Crippen molar-refractivity contribution in [3.63, 3.8) is 0 Å². The average Bonchev–Trinajstić information content (AvgIpc) is 2.97. The summed E-state index contributed by atoms with van der Waals surface area (Å²) in [7, 11) is 0. The Balaban J connectivity index is 1.50. The van der Waals surface area contributed by atoms with Gasteiger partial charge in [-0.3, -0.25) is 4.98 Å². The van der Waals surface area contributed by atoms with Gasteiger partial charge in [0.05, 0.1) is 11.9 Å². The minimum Gasteiger partial charge on any atom is -0.335 e. The van der Waals surface area contributed by atoms with Crippen molar-refractivity contribution in [1.29, 1.82) is 0 Å². The number of hydrogen-bond donors (Lipinski definition) is 2. The molecule has 1 aromatic rings. The maximum Gasteiger partial charge on any atom is 0.319 e. The van der Waals surface area contributed by atoms with Crippen molar-refractivity contribution in [3.8, 4) is 0 Å². The van der Waals surface area contributed by atoms with Crippen molar-refractivity contribution < 1.29 is 4.79 Å². The summed E-state index contributed by atoms with van der Waals surface area (Å²) in [6, 6.07) is 2.17. The molecular formula is C13H17N3O. The molecule has 1 spiro atoms. The number of urea groups is 1. The molecule has 2 saturated carbocycles. The van der Waals surface area contributed by atoms with Gasteiger partial charge in [0.2, 0.25) is 0 Å². The van der Waals surface area contributed by atoms with E-state index in [-0.39, 0.29) is 6.03 Å². The normalized spacial score (nSPS) is 20.8. The zero-order chi connectivity index (χ0) is 11.9. The maximum absolute atomic E-state index is 11.7. The van der Waals surface area contributed by atoms with Crippen molar-refractivity contribution in [2.45, 2.75) is 38.6 Å². The zero-order valence-corrected chi connectivity index (χ0v) is 9.99. The molecule has 4 heteroatoms. The number of aryl methyl sites for hydroxylation is 1. The second-order valence-corrected chi connectivity index (χ2v) is 5.45. The summed E-state index contributed by atoms with van der Waals surface area (Å²) in [5.74, 6) is 0. The fourth-order valence-corrected chi connectivity index (χ4v) is 2.65. The Morgan fingerprint density at radius 1 is 1.41 bits per heavy atom. The third kappa shape index (κ3) is 2.25. The molecule has 90 valence electrons. The van der Waals surface area contributed by atoms with E-state index < -0.39 is 0 Å². The summed E-state index contributed by atoms with van der Waals surface area (Å²) in [4.78, 5) is 15.7. The topological polar surface area (TPSA) is 54.0 Å². The van der Waals surface area contributed by atoms with Gasteiger partial charge in [0, 0.05) is 12.2 Å². The van der Waals surface area contributed by atoms with E-state index in [9.17, 15) is 4.79 Å². The van der Waals surface area contributed by atoms with Gasteiger partial charge in [0.1, 0.15) is 0 Å². The minimum absolute atomic E-state index is 0.113. The predicted octanol–water partition coefficient (Wildman–Crippen LogP) is 2.45. The van der Waals surface area contributed by atoms with Crippen LogP contribution in [0.5, 0.6) is 0 Å². The Hall–Kier alpha value is -1.58. The van der Waals surface area contributed by atoms with E-state index in [1.165, 1.54) is 12.8 Å². The molecule has 0 unspecified atom stereocenters. The van der Waals surface area contributed by atoms with Crippen molar-refractivity contribution in [2.24, 2.45) is 5.41 Å². The largest absolute Gasteiger partial charge is 0.335 e. The highest BCUT2D eigenvalue weighted by molar-refractivity contribution is 5.89. The highest BCUT2D eigenvalue weighted by Crippen LogP contribution is 2.60. The summed E-state index contributed by atoms with van der Waals surface area (Å²) in [5, 5.41) is 5.82. The number of carbonyl (C=O) groups excluding carboxylic acids is 1. The van der Waals surface area contributed by atoms with Crippen molar-refractivity contribution in [1.82, 2.24) is 10.3 Å². The number of pyridine rings is 1. The third-order valence-electron chi connectivity index (χ3n) is 3.78. The minimum atomic E-state index is -0.113. The first-order chi connectivity index (χ1) is 8.15. The molecule has 0 atom stereocenters. The van der Waals surface area contributed by atoms with Crippen LogP contribution in [0.25, 0.3) is 0 Å². The van der Waals surface area contributed by atoms with Crippen LogP contribution in [-0.2, 0) is 0 Å². The van der Waals surface area contributed by atoms with Gasteiger partial charge in [0.25, 0.3) is 0 Å². The summed E-state index contributed by atoms with van der Waals surface area (Å²) >= 11 is 0. The van der Waals surface area contributed by atoms with E-state index >= 15 is 0 Å². The summed E-state index contributed by atoms with van der Waals surface area (Å²) in [5.41, 5.74) is 2.43. The van der Waals surface area contributed by atoms with Gasteiger partial charge < -0.3 is 10.6 Å². The molecule has 1 heterocycles. The zero-order valence-electron chi connectivity index (χ0n) is 9.99. The molecule has 2 aliphatic carbocycles. The Morgan fingerprint density at radius 2 is 2.18 bits per heavy atom. The molecule has 0 bridgehead atoms. The van der Waals surface area contributed by atoms with Crippen molar-refractivity contribution in [2.75, 3.05) is 5.32 Å². The van der Waals surface area contributed by atoms with Crippen LogP contribution in [0.4, 0.5) is 10.5 Å². The molecule has 3 rings (SSSR count). The second kappa shape index (κ2) is 3.72. The third-order valence-corrected chi connectivity index (χ3v) is 3.78. The Morgan fingerprint density at radius 3 is 2.82 bits per heavy atom. The van der Waals surface area contributed by atoms with E-state index in [2.05, 4.69) is 15.6 Å². The molecule has 0 radical (unpaired) electrons. The number of amides is 2. The maximum atomic E-state index is 11.7. The first kappa shape index (κ1) is 10.6. The molecule has 0 saturated heterocycles. The standard InChI is InChI=1S/C13H17N3O/c1-9-4-10(8-14-7-9)15-12(17)16-11-5-13(6-11)2-3-13/h4,7-8,11H,2-3,5-6H2,1H3,(H2,15,16,17). The smallest absolute Gasteiger partial charge is 0.319 e. The molecule has 1 aromatic heterocycles. The van der Waals surface area contributed by atoms with E-state index in [1.807, 2.05) is 13.0 Å². The predicted molar refractivity (Wildman–Crippen MR) is 65.8 cm³/mol. The molecule has 0 aliphatic heterocycles. The highest BCUT2D eigenvalue weighted by Gasteiger charge is 2.53. The average molecular weight is 231 g/mol. The molecule has 17 heavy (non-hydrogen) atoms. The van der Waals surface area contributed by atoms with E-state index in [0.717, 1.165) is 24.1 Å². The van der Waals surface area contributed by atoms with Gasteiger partial charge in [0.15, 0.2) is 0 Å². The summed E-state index contributed by atoms with van der Waals surface area (Å²) in [6.45, 7) is 1.96. The number of nitrogens with zero attached hydrogens (tertiary/aromatic N) is 1. The number of aromatic nitrogens is 1. The van der Waals surface area contributed by atoms with Gasteiger partial charge in [-0.05, 0) is 49.7 Å². The molecular weight excluding hydrogens is 214 g/mol. The lowest BCUT2D eigenvalue weighted by Gasteiger charge is -2.36. The highest BCUT2D eigenvalue weighted by atomic mass is 16.2. The van der Waals surface area contributed by atoms with E-state index in [4.69, 9.17) is 0 Å². The van der Waals surface area contributed by atoms with Crippen molar-refractivity contribution >= 4 is 11.7 Å². The van der Waals surface area contributed by atoms with Crippen LogP contribution in [0.15, 0.2) is 18.5 Å². The molecule has 0 aromatic carbocycles. The van der Waals surface area contributed by atoms with Gasteiger partial charge in [-0.1, -0.05) is 0 Å². The molecule has 2 amide bonds. The van der Waals surface area contributed by atoms with Gasteiger partial charge >= 0.3 is 6.03 Å². The van der Waals surface area contributed by atoms with Gasteiger partial charge in [-0.2, -0.15) is 0 Å². The van der Waals surface area contributed by atoms with Crippen LogP contribution in [0.2, 0.25) is 0 Å². The van der Waals surface area contributed by atoms with Crippen LogP contribution in [0, 0.1) is 12.3 Å². The fraction of sp³-hybridized carbons (Fsp3) is 0.538. The molecule has 4 nitrogen and oxygen atoms in total. The number of carbonyl (C=O) groups is 1. The Bertz CT molecular complexity index is 446.